The van der Waals surface area contributed by atoms with Gasteiger partial charge in [-0.25, -0.2) is 4.79 Å². The number of hydrogen-bond donors (Lipinski definition) is 6. The van der Waals surface area contributed by atoms with Crippen LogP contribution in [-0.2, 0) is 11.3 Å². The third-order valence-corrected chi connectivity index (χ3v) is 5.66. The van der Waals surface area contributed by atoms with E-state index in [1.807, 2.05) is 36.5 Å². The number of benzene rings is 1. The smallest absolute Gasteiger partial charge is 0.327 e. The van der Waals surface area contributed by atoms with Gasteiger partial charge in [0.2, 0.25) is 0 Å². The minimum atomic E-state index is -0.358. The van der Waals surface area contributed by atoms with Crippen LogP contribution in [0.4, 0.5) is 10.5 Å². The molecule has 4 atom stereocenters. The number of nitrogens with zero attached hydrogens (tertiary/aromatic N) is 1. The van der Waals surface area contributed by atoms with E-state index in [0.29, 0.717) is 13.0 Å². The molecule has 0 saturated carbocycles. The predicted octanol–water partition coefficient (Wildman–Crippen LogP) is -0.171. The number of aliphatic hydroxyl groups is 1. The minimum absolute atomic E-state index is 0.0971. The normalized spacial score (nSPS) is 28.0. The van der Waals surface area contributed by atoms with Crippen LogP contribution in [0.5, 0.6) is 0 Å². The van der Waals surface area contributed by atoms with Gasteiger partial charge in [0.15, 0.2) is 0 Å². The van der Waals surface area contributed by atoms with Gasteiger partial charge in [0.25, 0.3) is 0 Å². The molecule has 1 aromatic rings. The fraction of sp³-hybridized carbons (Fsp3) is 0.476. The van der Waals surface area contributed by atoms with Crippen LogP contribution in [0.3, 0.4) is 0 Å². The van der Waals surface area contributed by atoms with Gasteiger partial charge in [0.05, 0.1) is 24.5 Å². The number of urea groups is 1. The van der Waals surface area contributed by atoms with E-state index in [1.165, 1.54) is 0 Å². The Morgan fingerprint density at radius 2 is 2.07 bits per heavy atom. The zero-order valence-corrected chi connectivity index (χ0v) is 16.9. The Labute approximate surface area is 176 Å². The molecule has 0 bridgehead atoms. The van der Waals surface area contributed by atoms with E-state index in [9.17, 15) is 9.90 Å². The number of hydrogen-bond acceptors (Lipinski definition) is 7. The number of fused-ring (bicyclic) bond motifs is 1. The van der Waals surface area contributed by atoms with E-state index in [2.05, 4.69) is 16.0 Å². The van der Waals surface area contributed by atoms with Crippen molar-refractivity contribution in [3.8, 4) is 0 Å². The third-order valence-electron chi connectivity index (χ3n) is 5.66. The van der Waals surface area contributed by atoms with Crippen LogP contribution in [-0.4, -0.2) is 55.2 Å². The number of amides is 2. The first-order valence-electron chi connectivity index (χ1n) is 10.4. The molecule has 0 radical (unpaired) electrons. The Kier molecular flexibility index (Phi) is 6.35. The van der Waals surface area contributed by atoms with Crippen LogP contribution in [0.15, 0.2) is 47.8 Å². The SMILES string of the molecule is NCCCNCc1ccc(N2C=C3C=C(C4C[C@@H](N)[C@@H](CO)O4)NC3NC2=O)cc1. The summed E-state index contributed by atoms with van der Waals surface area (Å²) >= 11 is 0. The number of anilines is 1. The summed E-state index contributed by atoms with van der Waals surface area (Å²) in [6.45, 7) is 2.24. The first-order valence-corrected chi connectivity index (χ1v) is 10.4. The lowest BCUT2D eigenvalue weighted by atomic mass is 10.1. The van der Waals surface area contributed by atoms with Crippen molar-refractivity contribution < 1.29 is 14.6 Å². The van der Waals surface area contributed by atoms with E-state index >= 15 is 0 Å². The van der Waals surface area contributed by atoms with Gasteiger partial charge in [-0.2, -0.15) is 0 Å². The molecule has 162 valence electrons. The van der Waals surface area contributed by atoms with Gasteiger partial charge in [-0.3, -0.25) is 4.90 Å². The van der Waals surface area contributed by atoms with Gasteiger partial charge >= 0.3 is 6.03 Å². The average Bonchev–Trinajstić information content (AvgIpc) is 3.33. The highest BCUT2D eigenvalue weighted by molar-refractivity contribution is 5.96. The summed E-state index contributed by atoms with van der Waals surface area (Å²) in [6.07, 6.45) is 4.55. The quantitative estimate of drug-likeness (QED) is 0.325. The van der Waals surface area contributed by atoms with Crippen molar-refractivity contribution in [1.82, 2.24) is 16.0 Å². The topological polar surface area (TPSA) is 138 Å². The molecule has 4 rings (SSSR count). The molecule has 9 heteroatoms. The molecule has 0 aliphatic carbocycles. The molecule has 3 heterocycles. The fourth-order valence-electron chi connectivity index (χ4n) is 3.94. The first kappa shape index (κ1) is 20.8. The molecule has 2 unspecified atom stereocenters. The van der Waals surface area contributed by atoms with Crippen molar-refractivity contribution in [2.45, 2.75) is 43.8 Å². The Morgan fingerprint density at radius 1 is 1.27 bits per heavy atom. The summed E-state index contributed by atoms with van der Waals surface area (Å²) < 4.78 is 5.84. The molecule has 8 N–H and O–H groups in total. The highest BCUT2D eigenvalue weighted by atomic mass is 16.5. The summed E-state index contributed by atoms with van der Waals surface area (Å²) in [6, 6.07) is 7.51. The Bertz CT molecular complexity index is 825. The van der Waals surface area contributed by atoms with E-state index in [4.69, 9.17) is 16.2 Å². The maximum absolute atomic E-state index is 12.6. The lowest BCUT2D eigenvalue weighted by molar-refractivity contribution is 0.0199. The summed E-state index contributed by atoms with van der Waals surface area (Å²) in [5, 5.41) is 19.0. The number of nitrogens with one attached hydrogen (secondary N) is 3. The van der Waals surface area contributed by atoms with Gasteiger partial charge in [-0.1, -0.05) is 12.1 Å². The fourth-order valence-corrected chi connectivity index (χ4v) is 3.94. The molecule has 1 saturated heterocycles. The first-order chi connectivity index (χ1) is 14.6. The van der Waals surface area contributed by atoms with E-state index in [1.54, 1.807) is 4.90 Å². The van der Waals surface area contributed by atoms with Crippen molar-refractivity contribution in [3.63, 3.8) is 0 Å². The highest BCUT2D eigenvalue weighted by Gasteiger charge is 2.39. The van der Waals surface area contributed by atoms with Crippen LogP contribution >= 0.6 is 0 Å². The standard InChI is InChI=1S/C21H30N6O3/c22-6-1-7-24-10-13-2-4-15(5-3-13)27-11-14-8-17(25-20(14)26-21(27)29)18-9-16(23)19(12-28)30-18/h2-5,8,11,16,18-20,24-25,28H,1,6-7,9-10,12,22-23H2,(H,26,29)/t16-,18?,19-,20?/m1/s1. The number of rotatable bonds is 8. The van der Waals surface area contributed by atoms with Gasteiger partial charge < -0.3 is 37.3 Å². The minimum Gasteiger partial charge on any atom is -0.394 e. The second-order valence-electron chi connectivity index (χ2n) is 7.86. The van der Waals surface area contributed by atoms with Crippen LogP contribution in [0.2, 0.25) is 0 Å². The van der Waals surface area contributed by atoms with Gasteiger partial charge in [0, 0.05) is 30.1 Å². The Hall–Kier alpha value is -2.43. The Balaban J connectivity index is 1.43. The predicted molar refractivity (Wildman–Crippen MR) is 114 cm³/mol. The molecule has 0 aromatic heterocycles. The van der Waals surface area contributed by atoms with Crippen molar-refractivity contribution in [3.05, 3.63) is 53.4 Å². The summed E-state index contributed by atoms with van der Waals surface area (Å²) in [7, 11) is 0. The van der Waals surface area contributed by atoms with E-state index in [-0.39, 0.29) is 37.1 Å². The van der Waals surface area contributed by atoms with Gasteiger partial charge in [-0.15, -0.1) is 0 Å². The maximum Gasteiger partial charge on any atom is 0.327 e. The summed E-state index contributed by atoms with van der Waals surface area (Å²) in [5.74, 6) is 0. The van der Waals surface area contributed by atoms with Gasteiger partial charge in [0.1, 0.15) is 6.17 Å². The van der Waals surface area contributed by atoms with Crippen LogP contribution in [0.1, 0.15) is 18.4 Å². The molecule has 3 aliphatic rings. The molecule has 1 fully saturated rings. The molecule has 1 aromatic carbocycles. The van der Waals surface area contributed by atoms with Crippen LogP contribution < -0.4 is 32.3 Å². The molecular weight excluding hydrogens is 384 g/mol. The summed E-state index contributed by atoms with van der Waals surface area (Å²) in [5.41, 5.74) is 15.3. The zero-order valence-electron chi connectivity index (χ0n) is 16.9. The largest absolute Gasteiger partial charge is 0.394 e. The number of aliphatic hydroxyl groups excluding tert-OH is 1. The Morgan fingerprint density at radius 3 is 2.77 bits per heavy atom. The molecule has 30 heavy (non-hydrogen) atoms. The number of carbonyl (C=O) groups is 1. The van der Waals surface area contributed by atoms with E-state index < -0.39 is 0 Å². The lowest BCUT2D eigenvalue weighted by Crippen LogP contribution is -2.52. The second kappa shape index (κ2) is 9.15. The maximum atomic E-state index is 12.6. The molecule has 3 aliphatic heterocycles. The molecule has 0 spiro atoms. The van der Waals surface area contributed by atoms with Crippen LogP contribution in [0.25, 0.3) is 0 Å². The van der Waals surface area contributed by atoms with Crippen molar-refractivity contribution in [1.29, 1.82) is 0 Å². The van der Waals surface area contributed by atoms with Crippen molar-refractivity contribution >= 4 is 11.7 Å². The molecular formula is C21H30N6O3. The number of nitrogens with two attached hydrogens (primary N) is 2. The van der Waals surface area contributed by atoms with Crippen molar-refractivity contribution in [2.24, 2.45) is 11.5 Å². The van der Waals surface area contributed by atoms with Crippen molar-refractivity contribution in [2.75, 3.05) is 24.6 Å². The van der Waals surface area contributed by atoms with Crippen LogP contribution in [0, 0.1) is 0 Å². The molecule has 9 nitrogen and oxygen atoms in total. The second-order valence-corrected chi connectivity index (χ2v) is 7.86. The monoisotopic (exact) mass is 414 g/mol. The third kappa shape index (κ3) is 4.35. The summed E-state index contributed by atoms with van der Waals surface area (Å²) in [4.78, 5) is 14.3. The zero-order chi connectivity index (χ0) is 21.1. The van der Waals surface area contributed by atoms with Gasteiger partial charge in [-0.05, 0) is 49.7 Å². The highest BCUT2D eigenvalue weighted by Crippen LogP contribution is 2.30. The van der Waals surface area contributed by atoms with E-state index in [0.717, 1.165) is 42.0 Å². The lowest BCUT2D eigenvalue weighted by Gasteiger charge is -2.29. The average molecular weight is 415 g/mol. The molecule has 2 amide bonds. The number of ether oxygens (including phenoxy) is 1. The number of carbonyl (C=O) groups excluding carboxylic acids is 1.